The molecular weight excluding hydrogens is 363 g/mol. The molecule has 1 amide bonds. The van der Waals surface area contributed by atoms with Crippen molar-refractivity contribution in [3.8, 4) is 0 Å². The van der Waals surface area contributed by atoms with Crippen molar-refractivity contribution in [3.63, 3.8) is 0 Å². The third-order valence-corrected chi connectivity index (χ3v) is 6.65. The predicted octanol–water partition coefficient (Wildman–Crippen LogP) is 1.55. The largest absolute Gasteiger partial charge is 0.481 e. The van der Waals surface area contributed by atoms with E-state index >= 15 is 0 Å². The zero-order valence-corrected chi connectivity index (χ0v) is 15.6. The van der Waals surface area contributed by atoms with Crippen LogP contribution in [-0.2, 0) is 19.6 Å². The molecule has 1 aliphatic rings. The predicted molar refractivity (Wildman–Crippen MR) is 92.4 cm³/mol. The first-order chi connectivity index (χ1) is 12.1. The van der Waals surface area contributed by atoms with E-state index in [0.717, 1.165) is 16.4 Å². The first-order valence-electron chi connectivity index (χ1n) is 8.38. The average molecular weight is 386 g/mol. The summed E-state index contributed by atoms with van der Waals surface area (Å²) >= 11 is 0. The number of carbonyl (C=O) groups excluding carboxylic acids is 1. The Bertz CT molecular complexity index is 766. The minimum Gasteiger partial charge on any atom is -0.481 e. The quantitative estimate of drug-likeness (QED) is 0.767. The second kappa shape index (κ2) is 8.13. The highest BCUT2D eigenvalue weighted by Crippen LogP contribution is 2.25. The fourth-order valence-electron chi connectivity index (χ4n) is 3.13. The summed E-state index contributed by atoms with van der Waals surface area (Å²) in [7, 11) is -2.33. The normalized spacial score (nSPS) is 20.5. The Hall–Kier alpha value is -2.00. The molecule has 0 bridgehead atoms. The lowest BCUT2D eigenvalue weighted by Gasteiger charge is -2.24. The molecule has 1 saturated heterocycles. The minimum absolute atomic E-state index is 0.00908. The Balaban J connectivity index is 1.88. The van der Waals surface area contributed by atoms with Crippen molar-refractivity contribution in [1.82, 2.24) is 9.21 Å². The molecule has 144 valence electrons. The Labute approximate surface area is 152 Å². The maximum absolute atomic E-state index is 12.9. The maximum atomic E-state index is 12.9. The monoisotopic (exact) mass is 386 g/mol. The first-order valence-corrected chi connectivity index (χ1v) is 9.82. The van der Waals surface area contributed by atoms with Gasteiger partial charge in [-0.2, -0.15) is 0 Å². The molecule has 9 heteroatoms. The van der Waals surface area contributed by atoms with Crippen molar-refractivity contribution in [2.45, 2.75) is 37.1 Å². The molecule has 0 spiro atoms. The van der Waals surface area contributed by atoms with Gasteiger partial charge in [-0.3, -0.25) is 9.59 Å². The molecular formula is C17H23FN2O5S. The summed E-state index contributed by atoms with van der Waals surface area (Å²) in [5, 5.41) is 9.11. The third-order valence-electron chi connectivity index (χ3n) is 4.78. The molecule has 2 rings (SSSR count). The van der Waals surface area contributed by atoms with E-state index in [9.17, 15) is 22.4 Å². The van der Waals surface area contributed by atoms with E-state index in [2.05, 4.69) is 0 Å². The van der Waals surface area contributed by atoms with Crippen LogP contribution in [0.3, 0.4) is 0 Å². The van der Waals surface area contributed by atoms with Crippen LogP contribution in [0, 0.1) is 11.7 Å². The zero-order chi connectivity index (χ0) is 19.5. The van der Waals surface area contributed by atoms with Crippen LogP contribution in [0.2, 0.25) is 0 Å². The second-order valence-electron chi connectivity index (χ2n) is 6.45. The van der Waals surface area contributed by atoms with Gasteiger partial charge in [0, 0.05) is 32.6 Å². The number of amides is 1. The summed E-state index contributed by atoms with van der Waals surface area (Å²) in [5.41, 5.74) is 0. The molecule has 1 N–H and O–H groups in total. The van der Waals surface area contributed by atoms with Gasteiger partial charge in [0.25, 0.3) is 0 Å². The van der Waals surface area contributed by atoms with Gasteiger partial charge in [-0.15, -0.1) is 0 Å². The van der Waals surface area contributed by atoms with E-state index in [1.54, 1.807) is 11.8 Å². The minimum atomic E-state index is -3.74. The van der Waals surface area contributed by atoms with Crippen LogP contribution in [-0.4, -0.2) is 60.8 Å². The fraction of sp³-hybridized carbons (Fsp3) is 0.529. The van der Waals surface area contributed by atoms with Gasteiger partial charge in [-0.05, 0) is 44.0 Å². The molecule has 7 nitrogen and oxygen atoms in total. The molecule has 0 saturated carbocycles. The highest BCUT2D eigenvalue weighted by atomic mass is 32.2. The number of carboxylic acid groups (broad SMARTS) is 1. The molecule has 0 aliphatic carbocycles. The standard InChI is InChI=1S/C17H23FN2O5S/c1-12-15(17(22)23)9-11-20(12)16(21)4-3-10-19(2)26(24,25)14-7-5-13(18)6-8-14/h5-8,12,15H,3-4,9-11H2,1-2H3,(H,22,23). The van der Waals surface area contributed by atoms with Gasteiger partial charge in [0.15, 0.2) is 0 Å². The van der Waals surface area contributed by atoms with Crippen molar-refractivity contribution in [3.05, 3.63) is 30.1 Å². The van der Waals surface area contributed by atoms with Crippen molar-refractivity contribution in [2.24, 2.45) is 5.92 Å². The van der Waals surface area contributed by atoms with E-state index < -0.39 is 27.7 Å². The Morgan fingerprint density at radius 3 is 2.46 bits per heavy atom. The van der Waals surface area contributed by atoms with Gasteiger partial charge in [-0.25, -0.2) is 17.1 Å². The summed E-state index contributed by atoms with van der Waals surface area (Å²) in [6.07, 6.45) is 0.887. The van der Waals surface area contributed by atoms with Crippen LogP contribution in [0.5, 0.6) is 0 Å². The highest BCUT2D eigenvalue weighted by molar-refractivity contribution is 7.89. The SMILES string of the molecule is CC1C(C(=O)O)CCN1C(=O)CCCN(C)S(=O)(=O)c1ccc(F)cc1. The molecule has 2 unspecified atom stereocenters. The number of nitrogens with zero attached hydrogens (tertiary/aromatic N) is 2. The zero-order valence-electron chi connectivity index (χ0n) is 14.8. The van der Waals surface area contributed by atoms with Crippen molar-refractivity contribution in [1.29, 1.82) is 0 Å². The topological polar surface area (TPSA) is 95.0 Å². The third kappa shape index (κ3) is 4.39. The smallest absolute Gasteiger partial charge is 0.308 e. The van der Waals surface area contributed by atoms with E-state index in [1.165, 1.54) is 19.2 Å². The van der Waals surface area contributed by atoms with E-state index in [0.29, 0.717) is 19.4 Å². The van der Waals surface area contributed by atoms with Crippen LogP contribution in [0.25, 0.3) is 0 Å². The van der Waals surface area contributed by atoms with Gasteiger partial charge < -0.3 is 10.0 Å². The molecule has 2 atom stereocenters. The number of aliphatic carboxylic acids is 1. The molecule has 1 fully saturated rings. The Morgan fingerprint density at radius 2 is 1.92 bits per heavy atom. The molecule has 0 aromatic heterocycles. The van der Waals surface area contributed by atoms with E-state index in [1.807, 2.05) is 0 Å². The van der Waals surface area contributed by atoms with Crippen LogP contribution >= 0.6 is 0 Å². The molecule has 26 heavy (non-hydrogen) atoms. The summed E-state index contributed by atoms with van der Waals surface area (Å²) < 4.78 is 38.8. The number of hydrogen-bond acceptors (Lipinski definition) is 4. The van der Waals surface area contributed by atoms with Crippen molar-refractivity contribution < 1.29 is 27.5 Å². The van der Waals surface area contributed by atoms with Gasteiger partial charge in [0.05, 0.1) is 10.8 Å². The number of carboxylic acids is 1. The molecule has 1 aromatic rings. The molecule has 1 aromatic carbocycles. The summed E-state index contributed by atoms with van der Waals surface area (Å²) in [6.45, 7) is 2.26. The van der Waals surface area contributed by atoms with Crippen LogP contribution in [0.15, 0.2) is 29.2 Å². The van der Waals surface area contributed by atoms with Gasteiger partial charge in [-0.1, -0.05) is 0 Å². The van der Waals surface area contributed by atoms with E-state index in [-0.39, 0.29) is 29.8 Å². The Morgan fingerprint density at radius 1 is 1.31 bits per heavy atom. The molecule has 1 aliphatic heterocycles. The maximum Gasteiger partial charge on any atom is 0.308 e. The lowest BCUT2D eigenvalue weighted by molar-refractivity contribution is -0.143. The van der Waals surface area contributed by atoms with E-state index in [4.69, 9.17) is 5.11 Å². The number of carbonyl (C=O) groups is 2. The molecule has 0 radical (unpaired) electrons. The van der Waals surface area contributed by atoms with Gasteiger partial charge in [0.2, 0.25) is 15.9 Å². The van der Waals surface area contributed by atoms with Gasteiger partial charge >= 0.3 is 5.97 Å². The van der Waals surface area contributed by atoms with Gasteiger partial charge in [0.1, 0.15) is 5.82 Å². The second-order valence-corrected chi connectivity index (χ2v) is 8.49. The van der Waals surface area contributed by atoms with Crippen molar-refractivity contribution >= 4 is 21.9 Å². The lowest BCUT2D eigenvalue weighted by atomic mass is 10.0. The number of likely N-dealkylation sites (tertiary alicyclic amines) is 1. The number of sulfonamides is 1. The van der Waals surface area contributed by atoms with Crippen LogP contribution in [0.4, 0.5) is 4.39 Å². The van der Waals surface area contributed by atoms with Crippen LogP contribution in [0.1, 0.15) is 26.2 Å². The number of rotatable bonds is 7. The summed E-state index contributed by atoms with van der Waals surface area (Å²) in [6, 6.07) is 4.20. The molecule has 1 heterocycles. The lowest BCUT2D eigenvalue weighted by Crippen LogP contribution is -2.38. The Kier molecular flexibility index (Phi) is 6.35. The number of benzene rings is 1. The number of hydrogen-bond donors (Lipinski definition) is 1. The first kappa shape index (κ1) is 20.3. The number of halogens is 1. The fourth-order valence-corrected chi connectivity index (χ4v) is 4.33. The van der Waals surface area contributed by atoms with Crippen molar-refractivity contribution in [2.75, 3.05) is 20.1 Å². The van der Waals surface area contributed by atoms with Crippen LogP contribution < -0.4 is 0 Å². The summed E-state index contributed by atoms with van der Waals surface area (Å²) in [5.74, 6) is -2.15. The highest BCUT2D eigenvalue weighted by Gasteiger charge is 2.37. The summed E-state index contributed by atoms with van der Waals surface area (Å²) in [4.78, 5) is 24.9. The average Bonchev–Trinajstić information content (AvgIpc) is 2.96.